The molecule has 1 aromatic carbocycles. The van der Waals surface area contributed by atoms with Gasteiger partial charge < -0.3 is 14.8 Å². The molecular formula is C15H19NO3. The zero-order valence-corrected chi connectivity index (χ0v) is 11.5. The van der Waals surface area contributed by atoms with Gasteiger partial charge in [0.25, 0.3) is 0 Å². The van der Waals surface area contributed by atoms with Crippen LogP contribution in [0.2, 0.25) is 0 Å². The summed E-state index contributed by atoms with van der Waals surface area (Å²) < 4.78 is 1.97. The number of carbonyl (C=O) groups is 1. The van der Waals surface area contributed by atoms with Crippen LogP contribution in [0.25, 0.3) is 10.9 Å². The molecule has 0 amide bonds. The van der Waals surface area contributed by atoms with E-state index in [1.54, 1.807) is 12.1 Å². The van der Waals surface area contributed by atoms with Gasteiger partial charge in [-0.25, -0.2) is 4.79 Å². The summed E-state index contributed by atoms with van der Waals surface area (Å²) in [4.78, 5) is 11.2. The lowest BCUT2D eigenvalue weighted by molar-refractivity contribution is 0.0697. The van der Waals surface area contributed by atoms with Gasteiger partial charge in [-0.3, -0.25) is 0 Å². The minimum atomic E-state index is -0.915. The molecule has 0 saturated heterocycles. The fourth-order valence-corrected chi connectivity index (χ4v) is 2.34. The van der Waals surface area contributed by atoms with Crippen LogP contribution >= 0.6 is 0 Å². The lowest BCUT2D eigenvalue weighted by Gasteiger charge is -2.22. The Bertz CT molecular complexity index is 620. The van der Waals surface area contributed by atoms with E-state index in [9.17, 15) is 9.90 Å². The summed E-state index contributed by atoms with van der Waals surface area (Å²) in [6.45, 7) is 6.75. The zero-order valence-electron chi connectivity index (χ0n) is 11.5. The molecule has 0 radical (unpaired) electrons. The number of aromatic nitrogens is 1. The van der Waals surface area contributed by atoms with Crippen molar-refractivity contribution in [2.45, 2.75) is 32.7 Å². The number of benzene rings is 1. The molecule has 1 aromatic heterocycles. The van der Waals surface area contributed by atoms with Crippen LogP contribution in [-0.2, 0) is 12.0 Å². The van der Waals surface area contributed by atoms with Crippen LogP contribution in [0.1, 0.15) is 36.7 Å². The SMILES string of the molecule is CC(C)(C)c1cc(C(=O)O)cc2ccn(CCO)c12. The first kappa shape index (κ1) is 13.6. The number of aromatic carboxylic acids is 1. The summed E-state index contributed by atoms with van der Waals surface area (Å²) in [6, 6.07) is 5.31. The molecule has 0 bridgehead atoms. The van der Waals surface area contributed by atoms with E-state index in [4.69, 9.17) is 5.11 Å². The van der Waals surface area contributed by atoms with Crippen molar-refractivity contribution < 1.29 is 15.0 Å². The molecule has 0 atom stereocenters. The average Bonchev–Trinajstić information content (AvgIpc) is 2.70. The molecule has 19 heavy (non-hydrogen) atoms. The number of aliphatic hydroxyl groups is 1. The lowest BCUT2D eigenvalue weighted by atomic mass is 9.84. The van der Waals surface area contributed by atoms with E-state index in [0.717, 1.165) is 16.5 Å². The molecule has 0 fully saturated rings. The van der Waals surface area contributed by atoms with Crippen molar-refractivity contribution in [2.75, 3.05) is 6.61 Å². The summed E-state index contributed by atoms with van der Waals surface area (Å²) in [5.41, 5.74) is 2.14. The van der Waals surface area contributed by atoms with Gasteiger partial charge >= 0.3 is 5.97 Å². The highest BCUT2D eigenvalue weighted by atomic mass is 16.4. The van der Waals surface area contributed by atoms with Crippen molar-refractivity contribution in [3.8, 4) is 0 Å². The number of aliphatic hydroxyl groups excluding tert-OH is 1. The minimum Gasteiger partial charge on any atom is -0.478 e. The third-order valence-electron chi connectivity index (χ3n) is 3.26. The van der Waals surface area contributed by atoms with E-state index >= 15 is 0 Å². The molecule has 0 saturated carbocycles. The molecule has 0 aliphatic heterocycles. The standard InChI is InChI=1S/C15H19NO3/c1-15(2,3)12-9-11(14(18)19)8-10-4-5-16(6-7-17)13(10)12/h4-5,8-9,17H,6-7H2,1-3H3,(H,18,19). The molecule has 102 valence electrons. The first-order chi connectivity index (χ1) is 8.84. The molecule has 0 aliphatic rings. The zero-order chi connectivity index (χ0) is 14.2. The fourth-order valence-electron chi connectivity index (χ4n) is 2.34. The Kier molecular flexibility index (Phi) is 3.37. The minimum absolute atomic E-state index is 0.0635. The highest BCUT2D eigenvalue weighted by molar-refractivity contribution is 5.95. The lowest BCUT2D eigenvalue weighted by Crippen LogP contribution is -2.15. The molecule has 0 unspecified atom stereocenters. The molecule has 2 N–H and O–H groups in total. The van der Waals surface area contributed by atoms with Crippen molar-refractivity contribution in [2.24, 2.45) is 0 Å². The van der Waals surface area contributed by atoms with E-state index in [1.165, 1.54) is 0 Å². The van der Waals surface area contributed by atoms with Crippen molar-refractivity contribution >= 4 is 16.9 Å². The third-order valence-corrected chi connectivity index (χ3v) is 3.26. The maximum Gasteiger partial charge on any atom is 0.335 e. The molecule has 1 heterocycles. The molecular weight excluding hydrogens is 242 g/mol. The van der Waals surface area contributed by atoms with E-state index in [2.05, 4.69) is 20.8 Å². The average molecular weight is 261 g/mol. The smallest absolute Gasteiger partial charge is 0.335 e. The van der Waals surface area contributed by atoms with E-state index in [-0.39, 0.29) is 12.0 Å². The van der Waals surface area contributed by atoms with Crippen LogP contribution < -0.4 is 0 Å². The largest absolute Gasteiger partial charge is 0.478 e. The van der Waals surface area contributed by atoms with Crippen LogP contribution in [0.5, 0.6) is 0 Å². The Morgan fingerprint density at radius 2 is 2.00 bits per heavy atom. The van der Waals surface area contributed by atoms with Gasteiger partial charge in [-0.05, 0) is 29.2 Å². The van der Waals surface area contributed by atoms with Gasteiger partial charge in [0.1, 0.15) is 0 Å². The Balaban J connectivity index is 2.78. The number of rotatable bonds is 3. The first-order valence-corrected chi connectivity index (χ1v) is 6.32. The predicted molar refractivity (Wildman–Crippen MR) is 74.7 cm³/mol. The van der Waals surface area contributed by atoms with Gasteiger partial charge in [0.2, 0.25) is 0 Å². The Hall–Kier alpha value is -1.81. The van der Waals surface area contributed by atoms with Gasteiger partial charge in [-0.2, -0.15) is 0 Å². The van der Waals surface area contributed by atoms with E-state index in [0.29, 0.717) is 12.1 Å². The summed E-state index contributed by atoms with van der Waals surface area (Å²) in [5, 5.41) is 19.2. The van der Waals surface area contributed by atoms with Gasteiger partial charge in [0.15, 0.2) is 0 Å². The second-order valence-corrected chi connectivity index (χ2v) is 5.75. The summed E-state index contributed by atoms with van der Waals surface area (Å²) in [7, 11) is 0. The second-order valence-electron chi connectivity index (χ2n) is 5.75. The monoisotopic (exact) mass is 261 g/mol. The van der Waals surface area contributed by atoms with Crippen LogP contribution in [0.4, 0.5) is 0 Å². The summed E-state index contributed by atoms with van der Waals surface area (Å²) in [6.07, 6.45) is 1.89. The Labute approximate surface area is 112 Å². The number of hydrogen-bond donors (Lipinski definition) is 2. The number of hydrogen-bond acceptors (Lipinski definition) is 2. The topological polar surface area (TPSA) is 62.5 Å². The molecule has 2 rings (SSSR count). The molecule has 4 nitrogen and oxygen atoms in total. The van der Waals surface area contributed by atoms with Crippen molar-refractivity contribution in [1.29, 1.82) is 0 Å². The number of carboxylic acid groups (broad SMARTS) is 1. The number of nitrogens with zero attached hydrogens (tertiary/aromatic N) is 1. The Morgan fingerprint density at radius 3 is 2.53 bits per heavy atom. The van der Waals surface area contributed by atoms with Crippen LogP contribution in [-0.4, -0.2) is 27.4 Å². The van der Waals surface area contributed by atoms with Gasteiger partial charge in [-0.1, -0.05) is 20.8 Å². The quantitative estimate of drug-likeness (QED) is 0.892. The maximum absolute atomic E-state index is 11.2. The normalized spacial score (nSPS) is 12.0. The van der Waals surface area contributed by atoms with Crippen LogP contribution in [0.3, 0.4) is 0 Å². The van der Waals surface area contributed by atoms with Gasteiger partial charge in [0, 0.05) is 18.1 Å². The van der Waals surface area contributed by atoms with Crippen molar-refractivity contribution in [3.63, 3.8) is 0 Å². The predicted octanol–water partition coefficient (Wildman–Crippen LogP) is 2.63. The highest BCUT2D eigenvalue weighted by Gasteiger charge is 2.21. The Morgan fingerprint density at radius 1 is 1.32 bits per heavy atom. The van der Waals surface area contributed by atoms with Crippen molar-refractivity contribution in [1.82, 2.24) is 4.57 Å². The maximum atomic E-state index is 11.2. The van der Waals surface area contributed by atoms with Crippen molar-refractivity contribution in [3.05, 3.63) is 35.5 Å². The molecule has 4 heteroatoms. The third kappa shape index (κ3) is 2.49. The van der Waals surface area contributed by atoms with E-state index in [1.807, 2.05) is 16.8 Å². The molecule has 2 aromatic rings. The van der Waals surface area contributed by atoms with Crippen LogP contribution in [0.15, 0.2) is 24.4 Å². The van der Waals surface area contributed by atoms with Crippen LogP contribution in [0, 0.1) is 0 Å². The second kappa shape index (κ2) is 4.70. The van der Waals surface area contributed by atoms with Gasteiger partial charge in [-0.15, -0.1) is 0 Å². The first-order valence-electron chi connectivity index (χ1n) is 6.32. The highest BCUT2D eigenvalue weighted by Crippen LogP contribution is 2.32. The number of fused-ring (bicyclic) bond motifs is 1. The van der Waals surface area contributed by atoms with E-state index < -0.39 is 5.97 Å². The van der Waals surface area contributed by atoms with Gasteiger partial charge in [0.05, 0.1) is 17.7 Å². The number of carboxylic acids is 1. The molecule has 0 aliphatic carbocycles. The fraction of sp³-hybridized carbons (Fsp3) is 0.400. The molecule has 0 spiro atoms. The summed E-state index contributed by atoms with van der Waals surface area (Å²) >= 11 is 0. The summed E-state index contributed by atoms with van der Waals surface area (Å²) in [5.74, 6) is -0.915.